The predicted octanol–water partition coefficient (Wildman–Crippen LogP) is 4.10. The van der Waals surface area contributed by atoms with Crippen molar-refractivity contribution in [3.05, 3.63) is 29.8 Å². The molecule has 128 valence electrons. The molecule has 0 aliphatic heterocycles. The van der Waals surface area contributed by atoms with Crippen LogP contribution in [0.5, 0.6) is 0 Å². The number of rotatable bonds is 7. The van der Waals surface area contributed by atoms with E-state index in [2.05, 4.69) is 36.5 Å². The normalized spacial score (nSPS) is 18.4. The largest absolute Gasteiger partial charge is 0.389 e. The quantitative estimate of drug-likeness (QED) is 0.738. The fourth-order valence-corrected chi connectivity index (χ4v) is 4.23. The van der Waals surface area contributed by atoms with E-state index in [1.165, 1.54) is 16.9 Å². The van der Waals surface area contributed by atoms with Gasteiger partial charge in [0.1, 0.15) is 0 Å². The summed E-state index contributed by atoms with van der Waals surface area (Å²) < 4.78 is 0. The van der Waals surface area contributed by atoms with E-state index >= 15 is 0 Å². The van der Waals surface area contributed by atoms with E-state index in [1.54, 1.807) is 18.7 Å². The highest BCUT2D eigenvalue weighted by Gasteiger charge is 2.29. The maximum absolute atomic E-state index is 10.9. The first kappa shape index (κ1) is 18.3. The van der Waals surface area contributed by atoms with Crippen molar-refractivity contribution in [1.29, 1.82) is 0 Å². The molecule has 1 unspecified atom stereocenters. The van der Waals surface area contributed by atoms with E-state index in [1.807, 2.05) is 0 Å². The molecule has 0 heterocycles. The number of hydrogen-bond donors (Lipinski definition) is 2. The average molecular weight is 336 g/mol. The first-order chi connectivity index (χ1) is 11.0. The molecule has 0 aromatic heterocycles. The van der Waals surface area contributed by atoms with E-state index in [9.17, 15) is 9.90 Å². The van der Waals surface area contributed by atoms with Crippen LogP contribution in [0.15, 0.2) is 29.2 Å². The number of amides is 1. The van der Waals surface area contributed by atoms with Crippen LogP contribution in [0.25, 0.3) is 0 Å². The molecule has 1 saturated carbocycles. The Morgan fingerprint density at radius 2 is 2.09 bits per heavy atom. The Morgan fingerprint density at radius 3 is 2.78 bits per heavy atom. The molecule has 0 bridgehead atoms. The molecule has 2 rings (SSSR count). The van der Waals surface area contributed by atoms with Crippen molar-refractivity contribution in [1.82, 2.24) is 5.32 Å². The van der Waals surface area contributed by atoms with Gasteiger partial charge < -0.3 is 10.4 Å². The van der Waals surface area contributed by atoms with Gasteiger partial charge in [-0.25, -0.2) is 0 Å². The van der Waals surface area contributed by atoms with Gasteiger partial charge in [-0.15, -0.1) is 11.8 Å². The SMILES string of the molecule is CC(=O)NCCC(C)c1cccc(SCC2(O)CCCCC2)c1. The molecule has 1 fully saturated rings. The van der Waals surface area contributed by atoms with Crippen LogP contribution in [-0.2, 0) is 4.79 Å². The third-order valence-electron chi connectivity index (χ3n) is 4.67. The third-order valence-corrected chi connectivity index (χ3v) is 5.94. The van der Waals surface area contributed by atoms with Crippen LogP contribution in [0, 0.1) is 0 Å². The molecule has 23 heavy (non-hydrogen) atoms. The second-order valence-electron chi connectivity index (χ2n) is 6.82. The van der Waals surface area contributed by atoms with Crippen LogP contribution in [0.4, 0.5) is 0 Å². The van der Waals surface area contributed by atoms with E-state index in [4.69, 9.17) is 0 Å². The molecule has 1 atom stereocenters. The van der Waals surface area contributed by atoms with E-state index in [-0.39, 0.29) is 5.91 Å². The van der Waals surface area contributed by atoms with Gasteiger partial charge in [0.05, 0.1) is 5.60 Å². The lowest BCUT2D eigenvalue weighted by molar-refractivity contribution is -0.118. The van der Waals surface area contributed by atoms with Gasteiger partial charge in [-0.05, 0) is 42.9 Å². The van der Waals surface area contributed by atoms with Gasteiger partial charge in [0.2, 0.25) is 5.91 Å². The molecule has 0 radical (unpaired) electrons. The summed E-state index contributed by atoms with van der Waals surface area (Å²) >= 11 is 1.77. The van der Waals surface area contributed by atoms with Crippen LogP contribution in [-0.4, -0.2) is 28.9 Å². The summed E-state index contributed by atoms with van der Waals surface area (Å²) in [6.07, 6.45) is 6.38. The Hall–Kier alpha value is -1.00. The summed E-state index contributed by atoms with van der Waals surface area (Å²) in [4.78, 5) is 12.2. The molecule has 3 nitrogen and oxygen atoms in total. The zero-order chi connectivity index (χ0) is 16.7. The molecule has 1 aliphatic carbocycles. The van der Waals surface area contributed by atoms with Gasteiger partial charge in [0.15, 0.2) is 0 Å². The molecule has 0 spiro atoms. The Morgan fingerprint density at radius 1 is 1.35 bits per heavy atom. The van der Waals surface area contributed by atoms with E-state index in [0.717, 1.165) is 37.9 Å². The van der Waals surface area contributed by atoms with Crippen molar-refractivity contribution in [2.75, 3.05) is 12.3 Å². The van der Waals surface area contributed by atoms with Gasteiger partial charge in [-0.3, -0.25) is 4.79 Å². The number of hydrogen-bond acceptors (Lipinski definition) is 3. The smallest absolute Gasteiger partial charge is 0.216 e. The highest BCUT2D eigenvalue weighted by Crippen LogP contribution is 2.34. The lowest BCUT2D eigenvalue weighted by Gasteiger charge is -2.31. The number of nitrogens with one attached hydrogen (secondary N) is 1. The number of carbonyl (C=O) groups is 1. The van der Waals surface area contributed by atoms with Gasteiger partial charge in [-0.1, -0.05) is 38.3 Å². The lowest BCUT2D eigenvalue weighted by atomic mass is 9.86. The van der Waals surface area contributed by atoms with Crippen LogP contribution < -0.4 is 5.32 Å². The minimum Gasteiger partial charge on any atom is -0.389 e. The second-order valence-corrected chi connectivity index (χ2v) is 7.87. The number of aliphatic hydroxyl groups is 1. The first-order valence-electron chi connectivity index (χ1n) is 8.68. The van der Waals surface area contributed by atoms with Crippen LogP contribution in [0.3, 0.4) is 0 Å². The minimum absolute atomic E-state index is 0.0298. The summed E-state index contributed by atoms with van der Waals surface area (Å²) in [7, 11) is 0. The highest BCUT2D eigenvalue weighted by atomic mass is 32.2. The number of carbonyl (C=O) groups excluding carboxylic acids is 1. The van der Waals surface area contributed by atoms with E-state index in [0.29, 0.717) is 12.5 Å². The second kappa shape index (κ2) is 8.74. The van der Waals surface area contributed by atoms with Gasteiger partial charge >= 0.3 is 0 Å². The number of benzene rings is 1. The maximum atomic E-state index is 10.9. The summed E-state index contributed by atoms with van der Waals surface area (Å²) in [5, 5.41) is 13.5. The van der Waals surface area contributed by atoms with Gasteiger partial charge in [-0.2, -0.15) is 0 Å². The average Bonchev–Trinajstić information content (AvgIpc) is 2.54. The minimum atomic E-state index is -0.476. The van der Waals surface area contributed by atoms with Crippen molar-refractivity contribution in [2.45, 2.75) is 68.8 Å². The molecule has 1 aliphatic rings. The van der Waals surface area contributed by atoms with Gasteiger partial charge in [0, 0.05) is 24.1 Å². The zero-order valence-electron chi connectivity index (χ0n) is 14.3. The molecule has 1 amide bonds. The van der Waals surface area contributed by atoms with Crippen molar-refractivity contribution >= 4 is 17.7 Å². The lowest BCUT2D eigenvalue weighted by Crippen LogP contribution is -2.33. The van der Waals surface area contributed by atoms with Crippen LogP contribution in [0.2, 0.25) is 0 Å². The summed E-state index contributed by atoms with van der Waals surface area (Å²) in [6.45, 7) is 4.46. The standard InChI is InChI=1S/C19H29NO2S/c1-15(9-12-20-16(2)21)17-7-6-8-18(13-17)23-14-19(22)10-4-3-5-11-19/h6-8,13,15,22H,3-5,9-12,14H2,1-2H3,(H,20,21). The maximum Gasteiger partial charge on any atom is 0.216 e. The predicted molar refractivity (Wildman–Crippen MR) is 96.9 cm³/mol. The van der Waals surface area contributed by atoms with Crippen LogP contribution in [0.1, 0.15) is 63.9 Å². The Kier molecular flexibility index (Phi) is 6.97. The summed E-state index contributed by atoms with van der Waals surface area (Å²) in [6, 6.07) is 8.60. The topological polar surface area (TPSA) is 49.3 Å². The summed E-state index contributed by atoms with van der Waals surface area (Å²) in [5.41, 5.74) is 0.826. The highest BCUT2D eigenvalue weighted by molar-refractivity contribution is 7.99. The van der Waals surface area contributed by atoms with Crippen molar-refractivity contribution in [3.8, 4) is 0 Å². The zero-order valence-corrected chi connectivity index (χ0v) is 15.1. The van der Waals surface area contributed by atoms with Crippen LogP contribution >= 0.6 is 11.8 Å². The fraction of sp³-hybridized carbons (Fsp3) is 0.632. The summed E-state index contributed by atoms with van der Waals surface area (Å²) in [5.74, 6) is 1.24. The Bertz CT molecular complexity index is 512. The molecular formula is C19H29NO2S. The molecular weight excluding hydrogens is 306 g/mol. The van der Waals surface area contributed by atoms with Crippen molar-refractivity contribution in [2.24, 2.45) is 0 Å². The molecule has 2 N–H and O–H groups in total. The van der Waals surface area contributed by atoms with Crippen molar-refractivity contribution in [3.63, 3.8) is 0 Å². The Labute approximate surface area is 144 Å². The number of thioether (sulfide) groups is 1. The third kappa shape index (κ3) is 6.19. The molecule has 4 heteroatoms. The Balaban J connectivity index is 1.87. The molecule has 1 aromatic carbocycles. The van der Waals surface area contributed by atoms with Crippen molar-refractivity contribution < 1.29 is 9.90 Å². The molecule has 1 aromatic rings. The van der Waals surface area contributed by atoms with Gasteiger partial charge in [0.25, 0.3) is 0 Å². The monoisotopic (exact) mass is 335 g/mol. The molecule has 0 saturated heterocycles. The first-order valence-corrected chi connectivity index (χ1v) is 9.67. The van der Waals surface area contributed by atoms with E-state index < -0.39 is 5.60 Å². The fourth-order valence-electron chi connectivity index (χ4n) is 3.11.